The molecule has 164 valence electrons. The Morgan fingerprint density at radius 1 is 1.17 bits per heavy atom. The van der Waals surface area contributed by atoms with Gasteiger partial charge in [0, 0.05) is 19.1 Å². The summed E-state index contributed by atoms with van der Waals surface area (Å²) in [5.74, 6) is 2.00. The molecule has 29 heavy (non-hydrogen) atoms. The van der Waals surface area contributed by atoms with Crippen molar-refractivity contribution in [2.75, 3.05) is 31.1 Å². The highest BCUT2D eigenvalue weighted by Gasteiger charge is 2.28. The number of benzene rings is 1. The molecule has 6 nitrogen and oxygen atoms in total. The van der Waals surface area contributed by atoms with Gasteiger partial charge in [-0.3, -0.25) is 4.90 Å². The van der Waals surface area contributed by atoms with Crippen LogP contribution in [0.5, 0.6) is 0 Å². The van der Waals surface area contributed by atoms with Gasteiger partial charge in [-0.05, 0) is 56.3 Å². The average Bonchev–Trinajstić information content (AvgIpc) is 3.01. The standard InChI is InChI=1S/C21H34N4O2S.HI/c1-3-22-21(24-20-10-13-28(26,27)16-20)23-14-18-6-4-5-7-19(18)15-25-11-8-17(2)9-12-25;/h4-7,17,20H,3,8-16H2,1-2H3,(H2,22,23,24);1H. The van der Waals surface area contributed by atoms with Gasteiger partial charge in [-0.25, -0.2) is 13.4 Å². The third-order valence-corrected chi connectivity index (χ3v) is 7.48. The number of rotatable bonds is 6. The number of piperidine rings is 1. The minimum Gasteiger partial charge on any atom is -0.357 e. The molecule has 2 saturated heterocycles. The summed E-state index contributed by atoms with van der Waals surface area (Å²) in [5.41, 5.74) is 2.57. The minimum atomic E-state index is -2.90. The van der Waals surface area contributed by atoms with Gasteiger partial charge in [0.25, 0.3) is 0 Å². The first-order valence-electron chi connectivity index (χ1n) is 10.5. The minimum absolute atomic E-state index is 0. The number of nitrogens with one attached hydrogen (secondary N) is 2. The average molecular weight is 535 g/mol. The van der Waals surface area contributed by atoms with Gasteiger partial charge in [-0.2, -0.15) is 0 Å². The fraction of sp³-hybridized carbons (Fsp3) is 0.667. The van der Waals surface area contributed by atoms with Crippen molar-refractivity contribution in [1.29, 1.82) is 0 Å². The number of halogens is 1. The van der Waals surface area contributed by atoms with Gasteiger partial charge in [-0.15, -0.1) is 24.0 Å². The molecule has 1 unspecified atom stereocenters. The number of likely N-dealkylation sites (tertiary alicyclic amines) is 1. The number of guanidine groups is 1. The summed E-state index contributed by atoms with van der Waals surface area (Å²) < 4.78 is 23.4. The number of aliphatic imine (C=N–C) groups is 1. The molecule has 0 aromatic heterocycles. The summed E-state index contributed by atoms with van der Waals surface area (Å²) in [5, 5.41) is 6.54. The van der Waals surface area contributed by atoms with Crippen molar-refractivity contribution in [2.24, 2.45) is 10.9 Å². The van der Waals surface area contributed by atoms with Gasteiger partial charge in [0.15, 0.2) is 15.8 Å². The molecule has 0 bridgehead atoms. The summed E-state index contributed by atoms with van der Waals surface area (Å²) in [6, 6.07) is 8.47. The SMILES string of the molecule is CCNC(=NCc1ccccc1CN1CCC(C)CC1)NC1CCS(=O)(=O)C1.I. The summed E-state index contributed by atoms with van der Waals surface area (Å²) in [7, 11) is -2.90. The fourth-order valence-electron chi connectivity index (χ4n) is 3.91. The van der Waals surface area contributed by atoms with E-state index in [9.17, 15) is 8.42 Å². The highest BCUT2D eigenvalue weighted by molar-refractivity contribution is 14.0. The zero-order valence-electron chi connectivity index (χ0n) is 17.6. The van der Waals surface area contributed by atoms with Crippen LogP contribution in [-0.4, -0.2) is 56.5 Å². The van der Waals surface area contributed by atoms with Gasteiger partial charge in [-0.1, -0.05) is 31.2 Å². The van der Waals surface area contributed by atoms with Gasteiger partial charge in [0.05, 0.1) is 18.1 Å². The third-order valence-electron chi connectivity index (χ3n) is 5.71. The molecule has 0 spiro atoms. The molecule has 3 rings (SSSR count). The van der Waals surface area contributed by atoms with E-state index in [0.29, 0.717) is 18.9 Å². The second-order valence-corrected chi connectivity index (χ2v) is 10.4. The smallest absolute Gasteiger partial charge is 0.191 e. The van der Waals surface area contributed by atoms with Crippen molar-refractivity contribution in [3.63, 3.8) is 0 Å². The monoisotopic (exact) mass is 534 g/mol. The second-order valence-electron chi connectivity index (χ2n) is 8.17. The van der Waals surface area contributed by atoms with Crippen molar-refractivity contribution in [3.05, 3.63) is 35.4 Å². The van der Waals surface area contributed by atoms with E-state index < -0.39 is 9.84 Å². The summed E-state index contributed by atoms with van der Waals surface area (Å²) in [4.78, 5) is 7.28. The van der Waals surface area contributed by atoms with Crippen LogP contribution in [0.1, 0.15) is 44.2 Å². The number of nitrogens with zero attached hydrogens (tertiary/aromatic N) is 2. The Kier molecular flexibility index (Phi) is 9.68. The Hall–Kier alpha value is -0.870. The van der Waals surface area contributed by atoms with E-state index in [1.807, 2.05) is 6.92 Å². The van der Waals surface area contributed by atoms with Crippen molar-refractivity contribution in [1.82, 2.24) is 15.5 Å². The molecule has 2 fully saturated rings. The van der Waals surface area contributed by atoms with Crippen LogP contribution >= 0.6 is 24.0 Å². The quantitative estimate of drug-likeness (QED) is 0.334. The van der Waals surface area contributed by atoms with Crippen LogP contribution in [0, 0.1) is 5.92 Å². The van der Waals surface area contributed by atoms with Crippen LogP contribution in [-0.2, 0) is 22.9 Å². The maximum atomic E-state index is 11.7. The Morgan fingerprint density at radius 3 is 2.48 bits per heavy atom. The first-order chi connectivity index (χ1) is 13.4. The second kappa shape index (κ2) is 11.5. The van der Waals surface area contributed by atoms with E-state index in [1.54, 1.807) is 0 Å². The Labute approximate surface area is 192 Å². The van der Waals surface area contributed by atoms with Crippen LogP contribution in [0.3, 0.4) is 0 Å². The lowest BCUT2D eigenvalue weighted by molar-refractivity contribution is 0.185. The molecule has 0 aliphatic carbocycles. The number of hydrogen-bond donors (Lipinski definition) is 2. The zero-order chi connectivity index (χ0) is 20.0. The fourth-order valence-corrected chi connectivity index (χ4v) is 5.59. The van der Waals surface area contributed by atoms with Crippen LogP contribution in [0.25, 0.3) is 0 Å². The molecule has 2 aliphatic heterocycles. The summed E-state index contributed by atoms with van der Waals surface area (Å²) in [6.45, 7) is 9.01. The lowest BCUT2D eigenvalue weighted by Crippen LogP contribution is -2.44. The molecule has 0 radical (unpaired) electrons. The molecule has 2 aliphatic rings. The van der Waals surface area contributed by atoms with Crippen molar-refractivity contribution in [3.8, 4) is 0 Å². The molecule has 0 saturated carbocycles. The normalized spacial score (nSPS) is 22.8. The van der Waals surface area contributed by atoms with Gasteiger partial charge in [0.1, 0.15) is 0 Å². The van der Waals surface area contributed by atoms with E-state index in [4.69, 9.17) is 4.99 Å². The molecular weight excluding hydrogens is 499 g/mol. The molecule has 8 heteroatoms. The Bertz CT molecular complexity index is 777. The van der Waals surface area contributed by atoms with E-state index in [0.717, 1.165) is 19.0 Å². The van der Waals surface area contributed by atoms with Gasteiger partial charge < -0.3 is 10.6 Å². The lowest BCUT2D eigenvalue weighted by Gasteiger charge is -2.30. The highest BCUT2D eigenvalue weighted by atomic mass is 127. The van der Waals surface area contributed by atoms with Crippen LogP contribution in [0.2, 0.25) is 0 Å². The molecule has 1 aromatic rings. The van der Waals surface area contributed by atoms with E-state index >= 15 is 0 Å². The molecule has 1 aromatic carbocycles. The molecular formula is C21H35IN4O2S. The predicted molar refractivity (Wildman–Crippen MR) is 131 cm³/mol. The highest BCUT2D eigenvalue weighted by Crippen LogP contribution is 2.20. The van der Waals surface area contributed by atoms with Crippen LogP contribution in [0.15, 0.2) is 29.3 Å². The Morgan fingerprint density at radius 2 is 1.86 bits per heavy atom. The first-order valence-corrected chi connectivity index (χ1v) is 12.3. The summed E-state index contributed by atoms with van der Waals surface area (Å²) >= 11 is 0. The number of hydrogen-bond acceptors (Lipinski definition) is 4. The van der Waals surface area contributed by atoms with Crippen molar-refractivity contribution >= 4 is 39.8 Å². The van der Waals surface area contributed by atoms with Gasteiger partial charge >= 0.3 is 0 Å². The van der Waals surface area contributed by atoms with E-state index in [1.165, 1.54) is 37.1 Å². The first kappa shape index (κ1) is 24.4. The maximum Gasteiger partial charge on any atom is 0.191 e. The third kappa shape index (κ3) is 7.71. The van der Waals surface area contributed by atoms with Crippen LogP contribution in [0.4, 0.5) is 0 Å². The number of sulfone groups is 1. The Balaban J connectivity index is 0.00000300. The van der Waals surface area contributed by atoms with Crippen molar-refractivity contribution < 1.29 is 8.42 Å². The van der Waals surface area contributed by atoms with Gasteiger partial charge in [0.2, 0.25) is 0 Å². The van der Waals surface area contributed by atoms with Crippen LogP contribution < -0.4 is 10.6 Å². The molecule has 1 atom stereocenters. The van der Waals surface area contributed by atoms with Crippen molar-refractivity contribution in [2.45, 2.75) is 52.2 Å². The zero-order valence-corrected chi connectivity index (χ0v) is 20.7. The summed E-state index contributed by atoms with van der Waals surface area (Å²) in [6.07, 6.45) is 3.20. The molecule has 2 N–H and O–H groups in total. The predicted octanol–water partition coefficient (Wildman–Crippen LogP) is 2.78. The van der Waals surface area contributed by atoms with E-state index in [-0.39, 0.29) is 41.5 Å². The largest absolute Gasteiger partial charge is 0.357 e. The molecule has 0 amide bonds. The molecule has 2 heterocycles. The topological polar surface area (TPSA) is 73.8 Å². The van der Waals surface area contributed by atoms with E-state index in [2.05, 4.69) is 46.7 Å². The maximum absolute atomic E-state index is 11.7. The lowest BCUT2D eigenvalue weighted by atomic mass is 9.98.